The molecule has 2 nitrogen and oxygen atoms in total. The summed E-state index contributed by atoms with van der Waals surface area (Å²) in [6.45, 7) is 0.754. The van der Waals surface area contributed by atoms with Crippen LogP contribution in [-0.4, -0.2) is 13.6 Å². The van der Waals surface area contributed by atoms with E-state index in [-0.39, 0.29) is 5.82 Å². The van der Waals surface area contributed by atoms with Crippen LogP contribution in [0.5, 0.6) is 0 Å². The van der Waals surface area contributed by atoms with Crippen LogP contribution in [0.2, 0.25) is 0 Å². The Kier molecular flexibility index (Phi) is 3.82. The Hall–Kier alpha value is -2.03. The summed E-state index contributed by atoms with van der Waals surface area (Å²) in [5, 5.41) is 0. The molecule has 0 bridgehead atoms. The van der Waals surface area contributed by atoms with Gasteiger partial charge in [0.15, 0.2) is 0 Å². The third-order valence-corrected chi connectivity index (χ3v) is 2.99. The highest BCUT2D eigenvalue weighted by Crippen LogP contribution is 2.17. The van der Waals surface area contributed by atoms with E-state index in [1.807, 2.05) is 43.4 Å². The number of nitrogens with two attached hydrogens (primary N) is 1. The molecule has 0 aromatic heterocycles. The summed E-state index contributed by atoms with van der Waals surface area (Å²) in [5.41, 5.74) is 8.27. The first kappa shape index (κ1) is 12.4. The van der Waals surface area contributed by atoms with Gasteiger partial charge < -0.3 is 10.6 Å². The average molecular weight is 244 g/mol. The van der Waals surface area contributed by atoms with Crippen LogP contribution in [0.15, 0.2) is 48.5 Å². The van der Waals surface area contributed by atoms with E-state index in [1.54, 1.807) is 6.07 Å². The minimum absolute atomic E-state index is 0.140. The molecule has 0 amide bonds. The lowest BCUT2D eigenvalue weighted by Crippen LogP contribution is -2.20. The van der Waals surface area contributed by atoms with Gasteiger partial charge >= 0.3 is 0 Å². The van der Waals surface area contributed by atoms with Crippen molar-refractivity contribution in [1.82, 2.24) is 0 Å². The van der Waals surface area contributed by atoms with Crippen molar-refractivity contribution in [3.63, 3.8) is 0 Å². The summed E-state index contributed by atoms with van der Waals surface area (Å²) in [7, 11) is 1.98. The minimum atomic E-state index is -0.140. The largest absolute Gasteiger partial charge is 0.399 e. The quantitative estimate of drug-likeness (QED) is 0.837. The first-order valence-corrected chi connectivity index (χ1v) is 5.97. The molecule has 0 aliphatic carbocycles. The summed E-state index contributed by atoms with van der Waals surface area (Å²) < 4.78 is 13.5. The standard InChI is InChI=1S/C15H17FN2/c1-18(14-7-4-6-13(17)11-14)10-9-12-5-2-3-8-15(12)16/h2-8,11H,9-10,17H2,1H3. The van der Waals surface area contributed by atoms with E-state index in [0.29, 0.717) is 6.42 Å². The highest BCUT2D eigenvalue weighted by atomic mass is 19.1. The van der Waals surface area contributed by atoms with E-state index in [9.17, 15) is 4.39 Å². The molecule has 0 atom stereocenters. The van der Waals surface area contributed by atoms with Crippen LogP contribution in [0.4, 0.5) is 15.8 Å². The van der Waals surface area contributed by atoms with E-state index in [1.165, 1.54) is 6.07 Å². The molecule has 0 saturated carbocycles. The summed E-state index contributed by atoms with van der Waals surface area (Å²) in [6.07, 6.45) is 0.679. The number of rotatable bonds is 4. The van der Waals surface area contributed by atoms with Crippen LogP contribution >= 0.6 is 0 Å². The molecule has 0 fully saturated rings. The van der Waals surface area contributed by atoms with E-state index in [2.05, 4.69) is 4.90 Å². The number of nitrogen functional groups attached to an aromatic ring is 1. The van der Waals surface area contributed by atoms with Crippen molar-refractivity contribution in [3.05, 3.63) is 59.9 Å². The van der Waals surface area contributed by atoms with Gasteiger partial charge in [0, 0.05) is 25.0 Å². The highest BCUT2D eigenvalue weighted by Gasteiger charge is 2.04. The van der Waals surface area contributed by atoms with Crippen molar-refractivity contribution in [2.24, 2.45) is 0 Å². The molecule has 3 heteroatoms. The maximum absolute atomic E-state index is 13.5. The van der Waals surface area contributed by atoms with Gasteiger partial charge in [-0.15, -0.1) is 0 Å². The van der Waals surface area contributed by atoms with Gasteiger partial charge in [0.1, 0.15) is 5.82 Å². The van der Waals surface area contributed by atoms with Gasteiger partial charge in [-0.3, -0.25) is 0 Å². The van der Waals surface area contributed by atoms with Gasteiger partial charge in [-0.1, -0.05) is 24.3 Å². The van der Waals surface area contributed by atoms with Gasteiger partial charge in [0.05, 0.1) is 0 Å². The summed E-state index contributed by atoms with van der Waals surface area (Å²) in [6, 6.07) is 14.6. The van der Waals surface area contributed by atoms with Crippen LogP contribution in [-0.2, 0) is 6.42 Å². The second kappa shape index (κ2) is 5.54. The molecule has 0 aliphatic heterocycles. The van der Waals surface area contributed by atoms with E-state index < -0.39 is 0 Å². The fraction of sp³-hybridized carbons (Fsp3) is 0.200. The van der Waals surface area contributed by atoms with Gasteiger partial charge in [0.2, 0.25) is 0 Å². The third kappa shape index (κ3) is 3.00. The number of halogens is 1. The van der Waals surface area contributed by atoms with Crippen molar-refractivity contribution in [2.45, 2.75) is 6.42 Å². The Morgan fingerprint density at radius 2 is 1.89 bits per heavy atom. The fourth-order valence-corrected chi connectivity index (χ4v) is 1.88. The molecule has 2 aromatic carbocycles. The number of hydrogen-bond donors (Lipinski definition) is 1. The van der Waals surface area contributed by atoms with E-state index >= 15 is 0 Å². The fourth-order valence-electron chi connectivity index (χ4n) is 1.88. The number of benzene rings is 2. The zero-order valence-electron chi connectivity index (χ0n) is 10.4. The molecule has 0 heterocycles. The molecule has 0 saturated heterocycles. The molecule has 2 rings (SSSR count). The average Bonchev–Trinajstić information content (AvgIpc) is 2.37. The van der Waals surface area contributed by atoms with E-state index in [0.717, 1.165) is 23.5 Å². The van der Waals surface area contributed by atoms with Crippen molar-refractivity contribution in [1.29, 1.82) is 0 Å². The molecular weight excluding hydrogens is 227 g/mol. The summed E-state index contributed by atoms with van der Waals surface area (Å²) in [5.74, 6) is -0.140. The van der Waals surface area contributed by atoms with Gasteiger partial charge in [-0.2, -0.15) is 0 Å². The minimum Gasteiger partial charge on any atom is -0.399 e. The zero-order valence-corrected chi connectivity index (χ0v) is 10.4. The second-order valence-corrected chi connectivity index (χ2v) is 4.36. The Morgan fingerprint density at radius 1 is 1.11 bits per heavy atom. The van der Waals surface area contributed by atoms with E-state index in [4.69, 9.17) is 5.73 Å². The zero-order chi connectivity index (χ0) is 13.0. The Bertz CT molecular complexity index is 525. The first-order chi connectivity index (χ1) is 8.66. The third-order valence-electron chi connectivity index (χ3n) is 2.99. The van der Waals surface area contributed by atoms with Gasteiger partial charge in [-0.05, 0) is 36.2 Å². The molecule has 0 aliphatic rings. The maximum atomic E-state index is 13.5. The monoisotopic (exact) mass is 244 g/mol. The molecular formula is C15H17FN2. The molecule has 18 heavy (non-hydrogen) atoms. The van der Waals surface area contributed by atoms with Crippen LogP contribution in [0, 0.1) is 5.82 Å². The predicted molar refractivity (Wildman–Crippen MR) is 74.2 cm³/mol. The van der Waals surface area contributed by atoms with Crippen LogP contribution in [0.3, 0.4) is 0 Å². The highest BCUT2D eigenvalue weighted by molar-refractivity contribution is 5.55. The van der Waals surface area contributed by atoms with Gasteiger partial charge in [0.25, 0.3) is 0 Å². The normalized spacial score (nSPS) is 10.3. The molecule has 0 spiro atoms. The maximum Gasteiger partial charge on any atom is 0.126 e. The van der Waals surface area contributed by atoms with Crippen LogP contribution in [0.1, 0.15) is 5.56 Å². The van der Waals surface area contributed by atoms with Crippen molar-refractivity contribution in [3.8, 4) is 0 Å². The molecule has 2 N–H and O–H groups in total. The Labute approximate surface area is 107 Å². The lowest BCUT2D eigenvalue weighted by molar-refractivity contribution is 0.608. The number of hydrogen-bond acceptors (Lipinski definition) is 2. The molecule has 2 aromatic rings. The van der Waals surface area contributed by atoms with Gasteiger partial charge in [-0.25, -0.2) is 4.39 Å². The van der Waals surface area contributed by atoms with Crippen LogP contribution < -0.4 is 10.6 Å². The lowest BCUT2D eigenvalue weighted by Gasteiger charge is -2.19. The second-order valence-electron chi connectivity index (χ2n) is 4.36. The molecule has 0 unspecified atom stereocenters. The Balaban J connectivity index is 2.00. The Morgan fingerprint density at radius 3 is 2.61 bits per heavy atom. The first-order valence-electron chi connectivity index (χ1n) is 5.97. The number of nitrogens with zero attached hydrogens (tertiary/aromatic N) is 1. The molecule has 0 radical (unpaired) electrons. The smallest absolute Gasteiger partial charge is 0.126 e. The topological polar surface area (TPSA) is 29.3 Å². The van der Waals surface area contributed by atoms with Crippen molar-refractivity contribution in [2.75, 3.05) is 24.2 Å². The lowest BCUT2D eigenvalue weighted by atomic mass is 10.1. The predicted octanol–water partition coefficient (Wildman–Crippen LogP) is 3.09. The van der Waals surface area contributed by atoms with Crippen LogP contribution in [0.25, 0.3) is 0 Å². The molecule has 94 valence electrons. The SMILES string of the molecule is CN(CCc1ccccc1F)c1cccc(N)c1. The van der Waals surface area contributed by atoms with Crippen molar-refractivity contribution >= 4 is 11.4 Å². The summed E-state index contributed by atoms with van der Waals surface area (Å²) >= 11 is 0. The summed E-state index contributed by atoms with van der Waals surface area (Å²) in [4.78, 5) is 2.07. The number of anilines is 2. The van der Waals surface area contributed by atoms with Crippen molar-refractivity contribution < 1.29 is 4.39 Å². The number of likely N-dealkylation sites (N-methyl/N-ethyl adjacent to an activating group) is 1.